The molecule has 22 heavy (non-hydrogen) atoms. The monoisotopic (exact) mass is 304 g/mol. The number of Topliss-reactive ketones (excluding diaryl/α,β-unsaturated/α-hetero) is 1. The van der Waals surface area contributed by atoms with Gasteiger partial charge in [-0.25, -0.2) is 0 Å². The minimum absolute atomic E-state index is 0.0311. The Morgan fingerprint density at radius 2 is 1.95 bits per heavy atom. The first-order valence-corrected chi connectivity index (χ1v) is 7.11. The first-order chi connectivity index (χ1) is 10.4. The lowest BCUT2D eigenvalue weighted by Crippen LogP contribution is -2.06. The molecule has 6 heteroatoms. The van der Waals surface area contributed by atoms with E-state index in [4.69, 9.17) is 14.0 Å². The van der Waals surface area contributed by atoms with Crippen molar-refractivity contribution in [1.82, 2.24) is 10.1 Å². The first-order valence-electron chi connectivity index (χ1n) is 7.11. The quantitative estimate of drug-likeness (QED) is 0.760. The highest BCUT2D eigenvalue weighted by molar-refractivity contribution is 5.94. The molecule has 118 valence electrons. The molecular formula is C16H20N2O4. The molecule has 0 radical (unpaired) electrons. The fourth-order valence-electron chi connectivity index (χ4n) is 1.87. The maximum Gasteiger partial charge on any atom is 0.267 e. The van der Waals surface area contributed by atoms with Crippen molar-refractivity contribution in [3.63, 3.8) is 0 Å². The van der Waals surface area contributed by atoms with Crippen molar-refractivity contribution in [3.05, 3.63) is 35.5 Å². The predicted octanol–water partition coefficient (Wildman–Crippen LogP) is 3.54. The standard InChI is InChI=1S/C16H20N2O4/c1-9(2)15-17-16(22-18-15)11(4)21-13-7-6-12(10(3)19)8-14(13)20-5/h6-9,11H,1-5H3/t11-/m0/s1. The fraction of sp³-hybridized carbons (Fsp3) is 0.438. The van der Waals surface area contributed by atoms with Gasteiger partial charge in [-0.1, -0.05) is 19.0 Å². The van der Waals surface area contributed by atoms with Gasteiger partial charge >= 0.3 is 0 Å². The zero-order chi connectivity index (χ0) is 16.3. The number of ether oxygens (including phenoxy) is 2. The van der Waals surface area contributed by atoms with Crippen molar-refractivity contribution in [2.45, 2.75) is 39.7 Å². The van der Waals surface area contributed by atoms with Crippen LogP contribution in [0.4, 0.5) is 0 Å². The van der Waals surface area contributed by atoms with Gasteiger partial charge in [0.15, 0.2) is 29.2 Å². The van der Waals surface area contributed by atoms with Gasteiger partial charge in [0.05, 0.1) is 7.11 Å². The van der Waals surface area contributed by atoms with Crippen LogP contribution in [0.5, 0.6) is 11.5 Å². The van der Waals surface area contributed by atoms with Crippen LogP contribution in [0.15, 0.2) is 22.7 Å². The van der Waals surface area contributed by atoms with E-state index in [1.165, 1.54) is 14.0 Å². The van der Waals surface area contributed by atoms with E-state index in [9.17, 15) is 4.79 Å². The summed E-state index contributed by atoms with van der Waals surface area (Å²) in [6.07, 6.45) is -0.419. The number of benzene rings is 1. The van der Waals surface area contributed by atoms with Crippen LogP contribution in [0, 0.1) is 0 Å². The van der Waals surface area contributed by atoms with E-state index in [1.54, 1.807) is 18.2 Å². The van der Waals surface area contributed by atoms with Crippen molar-refractivity contribution in [3.8, 4) is 11.5 Å². The molecule has 2 rings (SSSR count). The topological polar surface area (TPSA) is 74.5 Å². The van der Waals surface area contributed by atoms with E-state index in [1.807, 2.05) is 20.8 Å². The van der Waals surface area contributed by atoms with Crippen LogP contribution in [0.2, 0.25) is 0 Å². The number of aromatic nitrogens is 2. The third-order valence-corrected chi connectivity index (χ3v) is 3.20. The van der Waals surface area contributed by atoms with Crippen LogP contribution in [0.1, 0.15) is 61.8 Å². The summed E-state index contributed by atoms with van der Waals surface area (Å²) in [4.78, 5) is 15.7. The molecule has 1 aromatic heterocycles. The summed E-state index contributed by atoms with van der Waals surface area (Å²) in [5, 5.41) is 3.92. The molecule has 0 spiro atoms. The maximum atomic E-state index is 11.4. The largest absolute Gasteiger partial charge is 0.493 e. The number of carbonyl (C=O) groups excluding carboxylic acids is 1. The van der Waals surface area contributed by atoms with Gasteiger partial charge in [0.1, 0.15) is 0 Å². The third kappa shape index (κ3) is 3.44. The molecule has 1 atom stereocenters. The average Bonchev–Trinajstić information content (AvgIpc) is 2.97. The van der Waals surface area contributed by atoms with E-state index in [0.29, 0.717) is 28.8 Å². The number of nitrogens with zero attached hydrogens (tertiary/aromatic N) is 2. The van der Waals surface area contributed by atoms with Gasteiger partial charge in [0.2, 0.25) is 0 Å². The number of carbonyl (C=O) groups is 1. The Balaban J connectivity index is 2.20. The molecule has 0 aliphatic rings. The zero-order valence-corrected chi connectivity index (χ0v) is 13.4. The van der Waals surface area contributed by atoms with Crippen molar-refractivity contribution in [2.24, 2.45) is 0 Å². The van der Waals surface area contributed by atoms with Crippen LogP contribution in [-0.4, -0.2) is 23.0 Å². The number of methoxy groups -OCH3 is 1. The van der Waals surface area contributed by atoms with Gasteiger partial charge in [0.25, 0.3) is 5.89 Å². The summed E-state index contributed by atoms with van der Waals surface area (Å²) in [5.41, 5.74) is 0.566. The normalized spacial score (nSPS) is 12.3. The predicted molar refractivity (Wildman–Crippen MR) is 80.4 cm³/mol. The summed E-state index contributed by atoms with van der Waals surface area (Å²) >= 11 is 0. The average molecular weight is 304 g/mol. The van der Waals surface area contributed by atoms with Crippen molar-refractivity contribution in [2.75, 3.05) is 7.11 Å². The Kier molecular flexibility index (Phi) is 4.80. The van der Waals surface area contributed by atoms with Gasteiger partial charge < -0.3 is 14.0 Å². The Labute approximate surface area is 129 Å². The number of hydrogen-bond donors (Lipinski definition) is 0. The van der Waals surface area contributed by atoms with Gasteiger partial charge in [-0.15, -0.1) is 0 Å². The molecule has 6 nitrogen and oxygen atoms in total. The minimum atomic E-state index is -0.419. The Morgan fingerprint density at radius 3 is 2.50 bits per heavy atom. The lowest BCUT2D eigenvalue weighted by Gasteiger charge is -2.14. The highest BCUT2D eigenvalue weighted by Gasteiger charge is 2.19. The Bertz CT molecular complexity index is 664. The van der Waals surface area contributed by atoms with E-state index < -0.39 is 6.10 Å². The second-order valence-corrected chi connectivity index (χ2v) is 5.33. The summed E-state index contributed by atoms with van der Waals surface area (Å²) in [6.45, 7) is 7.30. The zero-order valence-electron chi connectivity index (χ0n) is 13.4. The highest BCUT2D eigenvalue weighted by atomic mass is 16.5. The van der Waals surface area contributed by atoms with Crippen LogP contribution in [0.3, 0.4) is 0 Å². The minimum Gasteiger partial charge on any atom is -0.493 e. The van der Waals surface area contributed by atoms with Gasteiger partial charge in [-0.05, 0) is 32.0 Å². The molecule has 0 N–H and O–H groups in total. The number of rotatable bonds is 6. The van der Waals surface area contributed by atoms with E-state index >= 15 is 0 Å². The fourth-order valence-corrected chi connectivity index (χ4v) is 1.87. The molecule has 0 unspecified atom stereocenters. The third-order valence-electron chi connectivity index (χ3n) is 3.20. The lowest BCUT2D eigenvalue weighted by molar-refractivity contribution is 0.101. The number of ketones is 1. The van der Waals surface area contributed by atoms with Crippen LogP contribution >= 0.6 is 0 Å². The molecule has 0 fully saturated rings. The van der Waals surface area contributed by atoms with Crippen molar-refractivity contribution < 1.29 is 18.8 Å². The summed E-state index contributed by atoms with van der Waals surface area (Å²) in [7, 11) is 1.53. The second kappa shape index (κ2) is 6.60. The van der Waals surface area contributed by atoms with E-state index in [2.05, 4.69) is 10.1 Å². The SMILES string of the molecule is COc1cc(C(C)=O)ccc1O[C@@H](C)c1nc(C(C)C)no1. The van der Waals surface area contributed by atoms with Crippen LogP contribution < -0.4 is 9.47 Å². The molecule has 0 aliphatic heterocycles. The van der Waals surface area contributed by atoms with Gasteiger partial charge in [-0.2, -0.15) is 4.98 Å². The van der Waals surface area contributed by atoms with Crippen molar-refractivity contribution in [1.29, 1.82) is 0 Å². The molecule has 0 aliphatic carbocycles. The highest BCUT2D eigenvalue weighted by Crippen LogP contribution is 2.32. The number of hydrogen-bond acceptors (Lipinski definition) is 6. The van der Waals surface area contributed by atoms with Crippen LogP contribution in [0.25, 0.3) is 0 Å². The lowest BCUT2D eigenvalue weighted by atomic mass is 10.1. The second-order valence-electron chi connectivity index (χ2n) is 5.33. The maximum absolute atomic E-state index is 11.4. The van der Waals surface area contributed by atoms with Gasteiger partial charge in [0, 0.05) is 11.5 Å². The van der Waals surface area contributed by atoms with Crippen molar-refractivity contribution >= 4 is 5.78 Å². The van der Waals surface area contributed by atoms with E-state index in [0.717, 1.165) is 0 Å². The molecule has 0 saturated carbocycles. The molecule has 1 heterocycles. The molecule has 0 amide bonds. The molecule has 0 bridgehead atoms. The van der Waals surface area contributed by atoms with Gasteiger partial charge in [-0.3, -0.25) is 4.79 Å². The smallest absolute Gasteiger partial charge is 0.267 e. The summed E-state index contributed by atoms with van der Waals surface area (Å²) < 4.78 is 16.3. The summed E-state index contributed by atoms with van der Waals surface area (Å²) in [5.74, 6) is 2.21. The first kappa shape index (κ1) is 16.0. The Morgan fingerprint density at radius 1 is 1.23 bits per heavy atom. The molecular weight excluding hydrogens is 284 g/mol. The van der Waals surface area contributed by atoms with Crippen LogP contribution in [-0.2, 0) is 0 Å². The van der Waals surface area contributed by atoms with E-state index in [-0.39, 0.29) is 11.7 Å². The Hall–Kier alpha value is -2.37. The molecule has 0 saturated heterocycles. The molecule has 2 aromatic rings. The molecule has 1 aromatic carbocycles. The summed E-state index contributed by atoms with van der Waals surface area (Å²) in [6, 6.07) is 5.05.